The highest BCUT2D eigenvalue weighted by atomic mass is 32.2. The average Bonchev–Trinajstić information content (AvgIpc) is 2.80. The fourth-order valence-corrected chi connectivity index (χ4v) is 4.85. The molecule has 2 aliphatic heterocycles. The van der Waals surface area contributed by atoms with Crippen molar-refractivity contribution in [2.45, 2.75) is 11.4 Å². The van der Waals surface area contributed by atoms with Crippen LogP contribution in [0.25, 0.3) is 0 Å². The smallest absolute Gasteiger partial charge is 0.265 e. The monoisotopic (exact) mass is 445 g/mol. The molecule has 0 saturated carbocycles. The van der Waals surface area contributed by atoms with E-state index in [9.17, 15) is 18.0 Å². The van der Waals surface area contributed by atoms with E-state index >= 15 is 0 Å². The number of para-hydroxylation sites is 2. The summed E-state index contributed by atoms with van der Waals surface area (Å²) in [7, 11) is -3.55. The zero-order valence-electron chi connectivity index (χ0n) is 16.8. The SMILES string of the molecule is O=C(CN1C(=O)COc2ccccc21)NCc1ccc(S(=O)(=O)N2CCOCC2)cc1. The molecule has 31 heavy (non-hydrogen) atoms. The Morgan fingerprint density at radius 1 is 1.03 bits per heavy atom. The van der Waals surface area contributed by atoms with E-state index in [1.807, 2.05) is 0 Å². The number of benzene rings is 2. The number of hydrogen-bond acceptors (Lipinski definition) is 6. The van der Waals surface area contributed by atoms with Crippen molar-refractivity contribution < 1.29 is 27.5 Å². The predicted molar refractivity (Wildman–Crippen MR) is 112 cm³/mol. The summed E-state index contributed by atoms with van der Waals surface area (Å²) in [5.74, 6) is -0.0476. The Bertz CT molecular complexity index is 1060. The van der Waals surface area contributed by atoms with E-state index in [-0.39, 0.29) is 36.4 Å². The molecule has 1 saturated heterocycles. The summed E-state index contributed by atoms with van der Waals surface area (Å²) in [6.07, 6.45) is 0. The van der Waals surface area contributed by atoms with Crippen LogP contribution in [0.15, 0.2) is 53.4 Å². The molecular weight excluding hydrogens is 422 g/mol. The van der Waals surface area contributed by atoms with Crippen LogP contribution in [0.5, 0.6) is 5.75 Å². The summed E-state index contributed by atoms with van der Waals surface area (Å²) in [6, 6.07) is 13.5. The molecule has 0 bridgehead atoms. The van der Waals surface area contributed by atoms with E-state index in [2.05, 4.69) is 5.32 Å². The minimum Gasteiger partial charge on any atom is -0.482 e. The van der Waals surface area contributed by atoms with Crippen LogP contribution in [-0.4, -0.2) is 64.0 Å². The van der Waals surface area contributed by atoms with Crippen LogP contribution in [0.3, 0.4) is 0 Å². The maximum Gasteiger partial charge on any atom is 0.265 e. The standard InChI is InChI=1S/C21H23N3O6S/c25-20(14-24-18-3-1-2-4-19(18)30-15-21(24)26)22-13-16-5-7-17(8-6-16)31(27,28)23-9-11-29-12-10-23/h1-8H,9-15H2,(H,22,25). The molecular formula is C21H23N3O6S. The number of nitrogens with one attached hydrogen (secondary N) is 1. The normalized spacial score (nSPS) is 17.0. The van der Waals surface area contributed by atoms with Crippen molar-refractivity contribution in [3.63, 3.8) is 0 Å². The molecule has 2 aliphatic rings. The Labute approximate surface area is 180 Å². The molecule has 1 fully saturated rings. The van der Waals surface area contributed by atoms with Crippen LogP contribution in [0.1, 0.15) is 5.56 Å². The van der Waals surface area contributed by atoms with Crippen molar-refractivity contribution in [3.05, 3.63) is 54.1 Å². The second-order valence-corrected chi connectivity index (χ2v) is 9.11. The maximum absolute atomic E-state index is 12.7. The van der Waals surface area contributed by atoms with Crippen molar-refractivity contribution in [1.82, 2.24) is 9.62 Å². The average molecular weight is 445 g/mol. The van der Waals surface area contributed by atoms with Gasteiger partial charge in [-0.15, -0.1) is 0 Å². The molecule has 0 unspecified atom stereocenters. The van der Waals surface area contributed by atoms with Crippen molar-refractivity contribution in [1.29, 1.82) is 0 Å². The first-order valence-electron chi connectivity index (χ1n) is 9.91. The number of carbonyl (C=O) groups excluding carboxylic acids is 2. The minimum atomic E-state index is -3.55. The van der Waals surface area contributed by atoms with E-state index in [1.54, 1.807) is 36.4 Å². The molecule has 10 heteroatoms. The largest absolute Gasteiger partial charge is 0.482 e. The van der Waals surface area contributed by atoms with E-state index < -0.39 is 10.0 Å². The number of anilines is 1. The van der Waals surface area contributed by atoms with Gasteiger partial charge in [0.1, 0.15) is 12.3 Å². The molecule has 0 aromatic heterocycles. The zero-order chi connectivity index (χ0) is 21.8. The first-order valence-corrected chi connectivity index (χ1v) is 11.3. The van der Waals surface area contributed by atoms with Gasteiger partial charge in [0, 0.05) is 19.6 Å². The number of carbonyl (C=O) groups is 2. The first kappa shape index (κ1) is 21.3. The molecule has 4 rings (SSSR count). The number of ether oxygens (including phenoxy) is 2. The van der Waals surface area contributed by atoms with Crippen molar-refractivity contribution in [2.24, 2.45) is 0 Å². The molecule has 0 aliphatic carbocycles. The summed E-state index contributed by atoms with van der Waals surface area (Å²) < 4.78 is 37.3. The first-order chi connectivity index (χ1) is 14.9. The Balaban J connectivity index is 1.35. The van der Waals surface area contributed by atoms with Gasteiger partial charge in [0.15, 0.2) is 6.61 Å². The lowest BCUT2D eigenvalue weighted by Crippen LogP contribution is -2.45. The van der Waals surface area contributed by atoms with Gasteiger partial charge in [-0.25, -0.2) is 8.42 Å². The van der Waals surface area contributed by atoms with Gasteiger partial charge in [0.25, 0.3) is 5.91 Å². The number of hydrogen-bond donors (Lipinski definition) is 1. The van der Waals surface area contributed by atoms with Gasteiger partial charge < -0.3 is 14.8 Å². The van der Waals surface area contributed by atoms with Gasteiger partial charge in [-0.2, -0.15) is 4.31 Å². The lowest BCUT2D eigenvalue weighted by atomic mass is 10.2. The van der Waals surface area contributed by atoms with Crippen LogP contribution in [-0.2, 0) is 30.9 Å². The van der Waals surface area contributed by atoms with E-state index in [0.717, 1.165) is 5.56 Å². The maximum atomic E-state index is 12.7. The Kier molecular flexibility index (Phi) is 6.21. The van der Waals surface area contributed by atoms with Gasteiger partial charge in [-0.1, -0.05) is 24.3 Å². The molecule has 2 aromatic rings. The van der Waals surface area contributed by atoms with Crippen molar-refractivity contribution in [2.75, 3.05) is 44.4 Å². The third kappa shape index (κ3) is 4.71. The van der Waals surface area contributed by atoms with Gasteiger partial charge in [-0.05, 0) is 29.8 Å². The Hall–Kier alpha value is -2.95. The third-order valence-corrected chi connectivity index (χ3v) is 7.04. The summed E-state index contributed by atoms with van der Waals surface area (Å²) in [6.45, 7) is 1.44. The predicted octanol–water partition coefficient (Wildman–Crippen LogP) is 0.749. The number of rotatable bonds is 6. The fourth-order valence-electron chi connectivity index (χ4n) is 3.44. The molecule has 0 atom stereocenters. The fraction of sp³-hybridized carbons (Fsp3) is 0.333. The third-order valence-electron chi connectivity index (χ3n) is 5.13. The minimum absolute atomic E-state index is 0.108. The van der Waals surface area contributed by atoms with Crippen LogP contribution in [0, 0.1) is 0 Å². The van der Waals surface area contributed by atoms with Crippen molar-refractivity contribution in [3.8, 4) is 5.75 Å². The topological polar surface area (TPSA) is 105 Å². The molecule has 1 N–H and O–H groups in total. The van der Waals surface area contributed by atoms with Crippen LogP contribution >= 0.6 is 0 Å². The van der Waals surface area contributed by atoms with E-state index in [0.29, 0.717) is 37.7 Å². The Morgan fingerprint density at radius 3 is 2.48 bits per heavy atom. The number of sulfonamides is 1. The lowest BCUT2D eigenvalue weighted by Gasteiger charge is -2.28. The number of nitrogens with zero attached hydrogens (tertiary/aromatic N) is 2. The molecule has 164 valence electrons. The molecule has 2 aromatic carbocycles. The highest BCUT2D eigenvalue weighted by Gasteiger charge is 2.27. The molecule has 2 amide bonds. The molecule has 2 heterocycles. The van der Waals surface area contributed by atoms with Gasteiger partial charge >= 0.3 is 0 Å². The summed E-state index contributed by atoms with van der Waals surface area (Å²) in [5.41, 5.74) is 1.31. The molecule has 0 radical (unpaired) electrons. The summed E-state index contributed by atoms with van der Waals surface area (Å²) in [5, 5.41) is 2.77. The van der Waals surface area contributed by atoms with Crippen LogP contribution in [0.4, 0.5) is 5.69 Å². The van der Waals surface area contributed by atoms with Gasteiger partial charge in [-0.3, -0.25) is 14.5 Å². The van der Waals surface area contributed by atoms with Crippen molar-refractivity contribution >= 4 is 27.5 Å². The number of fused-ring (bicyclic) bond motifs is 1. The summed E-state index contributed by atoms with van der Waals surface area (Å²) in [4.78, 5) is 26.2. The van der Waals surface area contributed by atoms with Gasteiger partial charge in [0.2, 0.25) is 15.9 Å². The van der Waals surface area contributed by atoms with Crippen LogP contribution in [0.2, 0.25) is 0 Å². The van der Waals surface area contributed by atoms with Crippen LogP contribution < -0.4 is 15.0 Å². The lowest BCUT2D eigenvalue weighted by molar-refractivity contribution is -0.125. The highest BCUT2D eigenvalue weighted by Crippen LogP contribution is 2.31. The number of morpholine rings is 1. The molecule has 0 spiro atoms. The summed E-state index contributed by atoms with van der Waals surface area (Å²) >= 11 is 0. The number of amides is 2. The quantitative estimate of drug-likeness (QED) is 0.704. The Morgan fingerprint density at radius 2 is 1.74 bits per heavy atom. The highest BCUT2D eigenvalue weighted by molar-refractivity contribution is 7.89. The zero-order valence-corrected chi connectivity index (χ0v) is 17.6. The molecule has 9 nitrogen and oxygen atoms in total. The van der Waals surface area contributed by atoms with E-state index in [4.69, 9.17) is 9.47 Å². The van der Waals surface area contributed by atoms with E-state index in [1.165, 1.54) is 21.3 Å². The van der Waals surface area contributed by atoms with Gasteiger partial charge in [0.05, 0.1) is 23.8 Å². The second kappa shape index (κ2) is 9.04. The second-order valence-electron chi connectivity index (χ2n) is 7.17.